The third-order valence-electron chi connectivity index (χ3n) is 3.70. The zero-order chi connectivity index (χ0) is 15.9. The van der Waals surface area contributed by atoms with E-state index >= 15 is 0 Å². The van der Waals surface area contributed by atoms with Gasteiger partial charge in [0.05, 0.1) is 12.5 Å². The lowest BCUT2D eigenvalue weighted by Gasteiger charge is -2.31. The lowest BCUT2D eigenvalue weighted by molar-refractivity contribution is -0.126. The summed E-state index contributed by atoms with van der Waals surface area (Å²) >= 11 is 0. The molecule has 2 rings (SSSR count). The van der Waals surface area contributed by atoms with E-state index < -0.39 is 0 Å². The second-order valence-corrected chi connectivity index (χ2v) is 5.33. The first kappa shape index (κ1) is 16.3. The molecule has 1 aliphatic heterocycles. The Morgan fingerprint density at radius 3 is 2.77 bits per heavy atom. The van der Waals surface area contributed by atoms with Crippen LogP contribution >= 0.6 is 0 Å². The van der Waals surface area contributed by atoms with Crippen molar-refractivity contribution < 1.29 is 18.7 Å². The van der Waals surface area contributed by atoms with E-state index in [2.05, 4.69) is 5.32 Å². The molecule has 2 amide bonds. The number of nitrogens with one attached hydrogen (secondary N) is 1. The van der Waals surface area contributed by atoms with Gasteiger partial charge in [-0.1, -0.05) is 12.1 Å². The fraction of sp³-hybridized carbons (Fsp3) is 0.500. The van der Waals surface area contributed by atoms with Crippen LogP contribution in [0.4, 0.5) is 9.18 Å². The molecule has 6 heteroatoms. The topological polar surface area (TPSA) is 58.6 Å². The van der Waals surface area contributed by atoms with Gasteiger partial charge < -0.3 is 15.0 Å². The number of piperidine rings is 1. The van der Waals surface area contributed by atoms with Gasteiger partial charge in [0, 0.05) is 19.6 Å². The van der Waals surface area contributed by atoms with Crippen molar-refractivity contribution in [3.05, 3.63) is 35.6 Å². The molecule has 0 aliphatic carbocycles. The Hall–Kier alpha value is -2.11. The molecule has 0 unspecified atom stereocenters. The maximum Gasteiger partial charge on any atom is 0.409 e. The van der Waals surface area contributed by atoms with E-state index in [1.807, 2.05) is 0 Å². The molecule has 1 aromatic carbocycles. The summed E-state index contributed by atoms with van der Waals surface area (Å²) in [6.07, 6.45) is 1.18. The number of halogens is 1. The third-order valence-corrected chi connectivity index (χ3v) is 3.70. The zero-order valence-electron chi connectivity index (χ0n) is 12.7. The van der Waals surface area contributed by atoms with E-state index in [4.69, 9.17) is 4.74 Å². The number of benzene rings is 1. The van der Waals surface area contributed by atoms with Gasteiger partial charge in [-0.2, -0.15) is 0 Å². The molecule has 1 N–H and O–H groups in total. The summed E-state index contributed by atoms with van der Waals surface area (Å²) in [6, 6.07) is 6.01. The minimum Gasteiger partial charge on any atom is -0.450 e. The average Bonchev–Trinajstić information content (AvgIpc) is 2.54. The van der Waals surface area contributed by atoms with E-state index in [-0.39, 0.29) is 23.7 Å². The number of likely N-dealkylation sites (tertiary alicyclic amines) is 1. The summed E-state index contributed by atoms with van der Waals surface area (Å²) in [6.45, 7) is 3.45. The molecule has 5 nitrogen and oxygen atoms in total. The van der Waals surface area contributed by atoms with Crippen LogP contribution < -0.4 is 5.32 Å². The summed E-state index contributed by atoms with van der Waals surface area (Å²) in [5, 5.41) is 2.84. The Morgan fingerprint density at radius 1 is 1.36 bits per heavy atom. The van der Waals surface area contributed by atoms with Crippen molar-refractivity contribution in [2.45, 2.75) is 26.3 Å². The summed E-state index contributed by atoms with van der Waals surface area (Å²) in [5.74, 6) is -0.607. The first-order valence-electron chi connectivity index (χ1n) is 7.54. The Balaban J connectivity index is 1.83. The maximum absolute atomic E-state index is 12.8. The molecule has 1 heterocycles. The van der Waals surface area contributed by atoms with E-state index in [1.165, 1.54) is 12.1 Å². The van der Waals surface area contributed by atoms with E-state index in [1.54, 1.807) is 24.0 Å². The average molecular weight is 308 g/mol. The predicted molar refractivity (Wildman–Crippen MR) is 79.6 cm³/mol. The molecule has 0 saturated carbocycles. The number of amides is 2. The monoisotopic (exact) mass is 308 g/mol. The molecular weight excluding hydrogens is 287 g/mol. The van der Waals surface area contributed by atoms with Gasteiger partial charge in [0.25, 0.3) is 0 Å². The SMILES string of the molecule is CCOC(=O)N1CCC[C@H](C(=O)NCc2ccc(F)cc2)C1. The smallest absolute Gasteiger partial charge is 0.409 e. The summed E-state index contributed by atoms with van der Waals surface area (Å²) in [4.78, 5) is 25.5. The van der Waals surface area contributed by atoms with Gasteiger partial charge in [-0.15, -0.1) is 0 Å². The molecule has 0 bridgehead atoms. The Kier molecular flexibility index (Phi) is 5.75. The minimum atomic E-state index is -0.362. The molecule has 0 spiro atoms. The van der Waals surface area contributed by atoms with Gasteiger partial charge in [0.15, 0.2) is 0 Å². The van der Waals surface area contributed by atoms with Crippen LogP contribution in [0.3, 0.4) is 0 Å². The number of carbonyl (C=O) groups excluding carboxylic acids is 2. The molecule has 22 heavy (non-hydrogen) atoms. The molecule has 120 valence electrons. The molecule has 1 atom stereocenters. The molecule has 0 radical (unpaired) electrons. The van der Waals surface area contributed by atoms with Crippen molar-refractivity contribution in [3.63, 3.8) is 0 Å². The van der Waals surface area contributed by atoms with Gasteiger partial charge in [-0.3, -0.25) is 4.79 Å². The highest BCUT2D eigenvalue weighted by molar-refractivity contribution is 5.80. The van der Waals surface area contributed by atoms with Crippen molar-refractivity contribution >= 4 is 12.0 Å². The van der Waals surface area contributed by atoms with Crippen LogP contribution in [0.2, 0.25) is 0 Å². The quantitative estimate of drug-likeness (QED) is 0.928. The first-order chi connectivity index (χ1) is 10.6. The molecule has 1 aromatic rings. The van der Waals surface area contributed by atoms with Crippen LogP contribution in [0.15, 0.2) is 24.3 Å². The van der Waals surface area contributed by atoms with Gasteiger partial charge >= 0.3 is 6.09 Å². The van der Waals surface area contributed by atoms with Crippen molar-refractivity contribution in [2.24, 2.45) is 5.92 Å². The predicted octanol–water partition coefficient (Wildman–Crippen LogP) is 2.31. The van der Waals surface area contributed by atoms with Crippen LogP contribution in [0.5, 0.6) is 0 Å². The first-order valence-corrected chi connectivity index (χ1v) is 7.54. The fourth-order valence-corrected chi connectivity index (χ4v) is 2.51. The molecule has 1 fully saturated rings. The zero-order valence-corrected chi connectivity index (χ0v) is 12.7. The third kappa shape index (κ3) is 4.44. The van der Waals surface area contributed by atoms with Crippen molar-refractivity contribution in [2.75, 3.05) is 19.7 Å². The Bertz CT molecular complexity index is 519. The molecule has 1 aliphatic rings. The molecule has 0 aromatic heterocycles. The summed E-state index contributed by atoms with van der Waals surface area (Å²) < 4.78 is 17.8. The van der Waals surface area contributed by atoms with Crippen LogP contribution in [0.25, 0.3) is 0 Å². The minimum absolute atomic E-state index is 0.0849. The Morgan fingerprint density at radius 2 is 2.09 bits per heavy atom. The lowest BCUT2D eigenvalue weighted by Crippen LogP contribution is -2.45. The molecular formula is C16H21FN2O3. The van der Waals surface area contributed by atoms with E-state index in [0.717, 1.165) is 18.4 Å². The number of carbonyl (C=O) groups is 2. The standard InChI is InChI=1S/C16H21FN2O3/c1-2-22-16(21)19-9-3-4-13(11-19)15(20)18-10-12-5-7-14(17)8-6-12/h5-8,13H,2-4,9-11H2,1H3,(H,18,20)/t13-/m0/s1. The second-order valence-electron chi connectivity index (χ2n) is 5.33. The van der Waals surface area contributed by atoms with Crippen molar-refractivity contribution in [3.8, 4) is 0 Å². The van der Waals surface area contributed by atoms with Crippen LogP contribution in [-0.2, 0) is 16.1 Å². The molecule has 1 saturated heterocycles. The van der Waals surface area contributed by atoms with E-state index in [0.29, 0.717) is 26.2 Å². The van der Waals surface area contributed by atoms with E-state index in [9.17, 15) is 14.0 Å². The number of rotatable bonds is 4. The highest BCUT2D eigenvalue weighted by atomic mass is 19.1. The van der Waals surface area contributed by atoms with Gasteiger partial charge in [0.2, 0.25) is 5.91 Å². The van der Waals surface area contributed by atoms with Gasteiger partial charge in [-0.25, -0.2) is 9.18 Å². The largest absolute Gasteiger partial charge is 0.450 e. The van der Waals surface area contributed by atoms with Crippen molar-refractivity contribution in [1.29, 1.82) is 0 Å². The van der Waals surface area contributed by atoms with Crippen molar-refractivity contribution in [1.82, 2.24) is 10.2 Å². The summed E-state index contributed by atoms with van der Waals surface area (Å²) in [7, 11) is 0. The van der Waals surface area contributed by atoms with Crippen LogP contribution in [0.1, 0.15) is 25.3 Å². The van der Waals surface area contributed by atoms with Gasteiger partial charge in [0.1, 0.15) is 5.82 Å². The number of hydrogen-bond donors (Lipinski definition) is 1. The number of hydrogen-bond acceptors (Lipinski definition) is 3. The normalized spacial score (nSPS) is 17.9. The maximum atomic E-state index is 12.8. The van der Waals surface area contributed by atoms with Crippen LogP contribution in [-0.4, -0.2) is 36.6 Å². The fourth-order valence-electron chi connectivity index (χ4n) is 2.51. The highest BCUT2D eigenvalue weighted by Crippen LogP contribution is 2.17. The summed E-state index contributed by atoms with van der Waals surface area (Å²) in [5.41, 5.74) is 0.841. The van der Waals surface area contributed by atoms with Crippen LogP contribution in [0, 0.1) is 11.7 Å². The van der Waals surface area contributed by atoms with Gasteiger partial charge in [-0.05, 0) is 37.5 Å². The second kappa shape index (κ2) is 7.77. The number of nitrogens with zero attached hydrogens (tertiary/aromatic N) is 1. The highest BCUT2D eigenvalue weighted by Gasteiger charge is 2.28. The Labute approximate surface area is 129 Å². The number of ether oxygens (including phenoxy) is 1. The lowest BCUT2D eigenvalue weighted by atomic mass is 9.97.